The number of carbonyl (C=O) groups excluding carboxylic acids is 1. The zero-order chi connectivity index (χ0) is 17.3. The van der Waals surface area contributed by atoms with Crippen LogP contribution in [-0.2, 0) is 11.2 Å². The lowest BCUT2D eigenvalue weighted by Crippen LogP contribution is -2.24. The Balaban J connectivity index is 2.02. The van der Waals surface area contributed by atoms with E-state index in [1.807, 2.05) is 20.2 Å². The van der Waals surface area contributed by atoms with Gasteiger partial charge < -0.3 is 14.8 Å². The second kappa shape index (κ2) is 6.84. The van der Waals surface area contributed by atoms with Gasteiger partial charge in [0.05, 0.1) is 14.9 Å². The van der Waals surface area contributed by atoms with Crippen LogP contribution in [0.3, 0.4) is 0 Å². The van der Waals surface area contributed by atoms with Gasteiger partial charge in [0.25, 0.3) is 0 Å². The number of thiazole rings is 1. The van der Waals surface area contributed by atoms with Crippen molar-refractivity contribution in [1.29, 1.82) is 0 Å². The lowest BCUT2D eigenvalue weighted by atomic mass is 10.2. The van der Waals surface area contributed by atoms with Gasteiger partial charge in [-0.05, 0) is 12.1 Å². The number of hydrogen-bond donors (Lipinski definition) is 0. The van der Waals surface area contributed by atoms with Crippen molar-refractivity contribution in [2.24, 2.45) is 0 Å². The normalized spacial score (nSPS) is 10.8. The largest absolute Gasteiger partial charge is 0.550 e. The summed E-state index contributed by atoms with van der Waals surface area (Å²) >= 11 is 8.76. The molecule has 6 nitrogen and oxygen atoms in total. The molecule has 0 N–H and O–H groups in total. The second-order valence-electron chi connectivity index (χ2n) is 5.11. The molecule has 0 saturated carbocycles. The molecule has 3 aromatic heterocycles. The van der Waals surface area contributed by atoms with E-state index in [2.05, 4.69) is 15.0 Å². The zero-order valence-electron chi connectivity index (χ0n) is 12.8. The number of anilines is 1. The molecular formula is C15H12ClN4O2S2-. The zero-order valence-corrected chi connectivity index (χ0v) is 15.2. The molecule has 0 fully saturated rings. The minimum absolute atomic E-state index is 0.252. The van der Waals surface area contributed by atoms with Crippen LogP contribution in [-0.4, -0.2) is 35.0 Å². The van der Waals surface area contributed by atoms with Gasteiger partial charge in [-0.1, -0.05) is 11.6 Å². The highest BCUT2D eigenvalue weighted by Gasteiger charge is 2.17. The highest BCUT2D eigenvalue weighted by atomic mass is 35.5. The predicted octanol–water partition coefficient (Wildman–Crippen LogP) is 2.34. The maximum atomic E-state index is 11.0. The maximum absolute atomic E-state index is 11.0. The Morgan fingerprint density at radius 3 is 2.50 bits per heavy atom. The fourth-order valence-corrected chi connectivity index (χ4v) is 4.26. The van der Waals surface area contributed by atoms with Crippen LogP contribution in [0.5, 0.6) is 0 Å². The van der Waals surface area contributed by atoms with Crippen molar-refractivity contribution < 1.29 is 9.90 Å². The first-order valence-corrected chi connectivity index (χ1v) is 8.90. The van der Waals surface area contributed by atoms with Crippen LogP contribution in [0.15, 0.2) is 24.5 Å². The van der Waals surface area contributed by atoms with Crippen molar-refractivity contribution in [3.8, 4) is 20.3 Å². The Labute approximate surface area is 151 Å². The first-order valence-electron chi connectivity index (χ1n) is 6.89. The van der Waals surface area contributed by atoms with Gasteiger partial charge in [-0.25, -0.2) is 15.0 Å². The lowest BCUT2D eigenvalue weighted by Gasteiger charge is -2.08. The van der Waals surface area contributed by atoms with E-state index in [4.69, 9.17) is 11.6 Å². The molecule has 0 aromatic carbocycles. The molecule has 24 heavy (non-hydrogen) atoms. The van der Waals surface area contributed by atoms with Gasteiger partial charge in [0.2, 0.25) is 5.95 Å². The minimum Gasteiger partial charge on any atom is -0.550 e. The molecular weight excluding hydrogens is 368 g/mol. The van der Waals surface area contributed by atoms with Crippen molar-refractivity contribution in [2.75, 3.05) is 19.0 Å². The molecule has 0 atom stereocenters. The standard InChI is InChI=1S/C15H13ClN4O2S2/c1-20(2)15-17-6-8(7-18-15)14-19-9(5-12(21)22)13(24-14)10-3-4-11(16)23-10/h3-4,6-7H,5H2,1-2H3,(H,21,22)/p-1. The maximum Gasteiger partial charge on any atom is 0.224 e. The molecule has 0 aliphatic heterocycles. The molecule has 0 bridgehead atoms. The number of halogens is 1. The van der Waals surface area contributed by atoms with E-state index in [-0.39, 0.29) is 6.42 Å². The van der Waals surface area contributed by atoms with Gasteiger partial charge in [-0.3, -0.25) is 0 Å². The second-order valence-corrected chi connectivity index (χ2v) is 7.83. The van der Waals surface area contributed by atoms with Crippen LogP contribution >= 0.6 is 34.3 Å². The summed E-state index contributed by atoms with van der Waals surface area (Å²) in [6.45, 7) is 0. The van der Waals surface area contributed by atoms with Gasteiger partial charge in [0.1, 0.15) is 5.01 Å². The van der Waals surface area contributed by atoms with E-state index in [1.165, 1.54) is 22.7 Å². The van der Waals surface area contributed by atoms with E-state index < -0.39 is 5.97 Å². The Morgan fingerprint density at radius 1 is 1.25 bits per heavy atom. The molecule has 0 spiro atoms. The van der Waals surface area contributed by atoms with Crippen LogP contribution < -0.4 is 10.0 Å². The number of rotatable bonds is 5. The average molecular weight is 380 g/mol. The van der Waals surface area contributed by atoms with Gasteiger partial charge in [0, 0.05) is 49.3 Å². The minimum atomic E-state index is -1.17. The highest BCUT2D eigenvalue weighted by Crippen LogP contribution is 2.40. The van der Waals surface area contributed by atoms with Crippen molar-refractivity contribution >= 4 is 46.2 Å². The van der Waals surface area contributed by atoms with Crippen molar-refractivity contribution in [3.05, 3.63) is 34.6 Å². The van der Waals surface area contributed by atoms with Crippen molar-refractivity contribution in [2.45, 2.75) is 6.42 Å². The Morgan fingerprint density at radius 2 is 1.96 bits per heavy atom. The topological polar surface area (TPSA) is 82.0 Å². The number of carbonyl (C=O) groups is 1. The van der Waals surface area contributed by atoms with Crippen LogP contribution in [0.25, 0.3) is 20.3 Å². The summed E-state index contributed by atoms with van der Waals surface area (Å²) in [5, 5.41) is 11.7. The average Bonchev–Trinajstić information content (AvgIpc) is 3.13. The van der Waals surface area contributed by atoms with Gasteiger partial charge in [-0.15, -0.1) is 22.7 Å². The summed E-state index contributed by atoms with van der Waals surface area (Å²) in [5.41, 5.74) is 1.20. The third-order valence-corrected chi connectivity index (χ3v) is 5.65. The number of aromatic nitrogens is 3. The van der Waals surface area contributed by atoms with Crippen LogP contribution in [0.4, 0.5) is 5.95 Å². The van der Waals surface area contributed by atoms with E-state index in [1.54, 1.807) is 23.4 Å². The van der Waals surface area contributed by atoms with E-state index in [0.29, 0.717) is 21.0 Å². The fourth-order valence-electron chi connectivity index (χ4n) is 2.02. The molecule has 0 unspecified atom stereocenters. The summed E-state index contributed by atoms with van der Waals surface area (Å²) in [7, 11) is 3.71. The molecule has 0 aliphatic carbocycles. The summed E-state index contributed by atoms with van der Waals surface area (Å²) in [6.07, 6.45) is 3.10. The molecule has 9 heteroatoms. The van der Waals surface area contributed by atoms with Crippen LogP contribution in [0, 0.1) is 0 Å². The van der Waals surface area contributed by atoms with E-state index in [9.17, 15) is 9.90 Å². The molecule has 124 valence electrons. The Bertz CT molecular complexity index is 874. The number of thiophene rings is 1. The van der Waals surface area contributed by atoms with E-state index in [0.717, 1.165) is 15.3 Å². The quantitative estimate of drug-likeness (QED) is 0.676. The number of aliphatic carboxylic acids is 1. The predicted molar refractivity (Wildman–Crippen MR) is 94.5 cm³/mol. The highest BCUT2D eigenvalue weighted by molar-refractivity contribution is 7.25. The lowest BCUT2D eigenvalue weighted by molar-refractivity contribution is -0.304. The number of hydrogen-bond acceptors (Lipinski definition) is 8. The van der Waals surface area contributed by atoms with Gasteiger partial charge in [-0.2, -0.15) is 0 Å². The summed E-state index contributed by atoms with van der Waals surface area (Å²) in [4.78, 5) is 27.5. The number of carboxylic acids is 1. The molecule has 3 heterocycles. The Hall–Kier alpha value is -2.03. The van der Waals surface area contributed by atoms with Crippen LogP contribution in [0.2, 0.25) is 4.34 Å². The third-order valence-electron chi connectivity index (χ3n) is 3.09. The molecule has 0 saturated heterocycles. The number of carboxylic acid groups (broad SMARTS) is 1. The molecule has 3 aromatic rings. The third kappa shape index (κ3) is 3.55. The first kappa shape index (κ1) is 16.8. The van der Waals surface area contributed by atoms with Gasteiger partial charge >= 0.3 is 0 Å². The Kier molecular flexibility index (Phi) is 4.79. The van der Waals surface area contributed by atoms with Gasteiger partial charge in [0.15, 0.2) is 0 Å². The fraction of sp³-hybridized carbons (Fsp3) is 0.200. The number of nitrogens with zero attached hydrogens (tertiary/aromatic N) is 4. The summed E-state index contributed by atoms with van der Waals surface area (Å²) < 4.78 is 0.637. The summed E-state index contributed by atoms with van der Waals surface area (Å²) in [5.74, 6) is -0.578. The van der Waals surface area contributed by atoms with Crippen molar-refractivity contribution in [3.63, 3.8) is 0 Å². The molecule has 3 rings (SSSR count). The molecule has 0 amide bonds. The first-order chi connectivity index (χ1) is 11.4. The summed E-state index contributed by atoms with van der Waals surface area (Å²) in [6, 6.07) is 3.63. The van der Waals surface area contributed by atoms with Crippen LogP contribution in [0.1, 0.15) is 5.69 Å². The van der Waals surface area contributed by atoms with E-state index >= 15 is 0 Å². The van der Waals surface area contributed by atoms with Crippen molar-refractivity contribution in [1.82, 2.24) is 15.0 Å². The monoisotopic (exact) mass is 379 g/mol. The molecule has 0 aliphatic rings. The molecule has 0 radical (unpaired) electrons. The SMILES string of the molecule is CN(C)c1ncc(-c2nc(CC(=O)[O-])c(-c3ccc(Cl)s3)s2)cn1. The smallest absolute Gasteiger partial charge is 0.224 e.